The summed E-state index contributed by atoms with van der Waals surface area (Å²) in [6, 6.07) is 13.2. The van der Waals surface area contributed by atoms with E-state index in [1.807, 2.05) is 12.1 Å². The highest BCUT2D eigenvalue weighted by Crippen LogP contribution is 2.29. The van der Waals surface area contributed by atoms with Gasteiger partial charge in [-0.1, -0.05) is 30.3 Å². The van der Waals surface area contributed by atoms with Gasteiger partial charge in [-0.3, -0.25) is 14.9 Å². The number of thioether (sulfide) groups is 1. The third-order valence-corrected chi connectivity index (χ3v) is 3.97. The first-order valence-corrected chi connectivity index (χ1v) is 7.64. The van der Waals surface area contributed by atoms with Gasteiger partial charge in [0.2, 0.25) is 0 Å². The van der Waals surface area contributed by atoms with Gasteiger partial charge in [-0.05, 0) is 41.6 Å². The third kappa shape index (κ3) is 3.78. The summed E-state index contributed by atoms with van der Waals surface area (Å²) in [6.07, 6.45) is 1.62. The van der Waals surface area contributed by atoms with Gasteiger partial charge in [0.05, 0.1) is 4.91 Å². The van der Waals surface area contributed by atoms with Crippen molar-refractivity contribution in [1.82, 2.24) is 5.32 Å². The summed E-state index contributed by atoms with van der Waals surface area (Å²) in [7, 11) is 0. The number of halogens is 1. The zero-order chi connectivity index (χ0) is 16.2. The number of para-hydroxylation sites is 1. The summed E-state index contributed by atoms with van der Waals surface area (Å²) < 4.78 is 18.6. The van der Waals surface area contributed by atoms with Gasteiger partial charge in [0, 0.05) is 5.56 Å². The van der Waals surface area contributed by atoms with E-state index in [2.05, 4.69) is 5.32 Å². The quantitative estimate of drug-likeness (QED) is 0.869. The van der Waals surface area contributed by atoms with Crippen molar-refractivity contribution >= 4 is 29.0 Å². The van der Waals surface area contributed by atoms with Crippen LogP contribution >= 0.6 is 11.8 Å². The van der Waals surface area contributed by atoms with Crippen LogP contribution in [-0.4, -0.2) is 11.1 Å². The second kappa shape index (κ2) is 6.66. The van der Waals surface area contributed by atoms with Crippen molar-refractivity contribution in [1.29, 1.82) is 0 Å². The predicted octanol–water partition coefficient (Wildman–Crippen LogP) is 3.73. The average molecular weight is 329 g/mol. The fraction of sp³-hybridized carbons (Fsp3) is 0.0588. The van der Waals surface area contributed by atoms with Gasteiger partial charge in [0.15, 0.2) is 0 Å². The molecule has 1 aliphatic heterocycles. The van der Waals surface area contributed by atoms with E-state index in [0.717, 1.165) is 17.3 Å². The lowest BCUT2D eigenvalue weighted by Crippen LogP contribution is -2.17. The van der Waals surface area contributed by atoms with Crippen LogP contribution in [0.2, 0.25) is 0 Å². The van der Waals surface area contributed by atoms with Crippen LogP contribution in [0.3, 0.4) is 0 Å². The number of imide groups is 1. The van der Waals surface area contributed by atoms with Gasteiger partial charge in [-0.15, -0.1) is 0 Å². The molecule has 1 N–H and O–H groups in total. The lowest BCUT2D eigenvalue weighted by atomic mass is 10.2. The molecule has 0 radical (unpaired) electrons. The number of amides is 2. The number of rotatable bonds is 4. The van der Waals surface area contributed by atoms with Gasteiger partial charge in [-0.2, -0.15) is 0 Å². The van der Waals surface area contributed by atoms with E-state index in [0.29, 0.717) is 16.2 Å². The number of ether oxygens (including phenoxy) is 1. The lowest BCUT2D eigenvalue weighted by molar-refractivity contribution is -0.115. The predicted molar refractivity (Wildman–Crippen MR) is 86.3 cm³/mol. The molecule has 3 rings (SSSR count). The number of benzene rings is 2. The minimum Gasteiger partial charge on any atom is -0.488 e. The first-order valence-electron chi connectivity index (χ1n) is 6.83. The fourth-order valence-corrected chi connectivity index (χ4v) is 2.71. The molecule has 23 heavy (non-hydrogen) atoms. The van der Waals surface area contributed by atoms with Crippen molar-refractivity contribution in [2.75, 3.05) is 0 Å². The molecule has 0 aliphatic carbocycles. The Kier molecular flexibility index (Phi) is 4.43. The van der Waals surface area contributed by atoms with Crippen LogP contribution in [0.4, 0.5) is 9.18 Å². The summed E-state index contributed by atoms with van der Waals surface area (Å²) in [4.78, 5) is 23.1. The molecule has 1 heterocycles. The van der Waals surface area contributed by atoms with Gasteiger partial charge < -0.3 is 4.74 Å². The van der Waals surface area contributed by atoms with Crippen LogP contribution in [0.15, 0.2) is 53.4 Å². The van der Waals surface area contributed by atoms with Gasteiger partial charge in [-0.25, -0.2) is 4.39 Å². The van der Waals surface area contributed by atoms with E-state index in [9.17, 15) is 14.0 Å². The summed E-state index contributed by atoms with van der Waals surface area (Å²) >= 11 is 0.858. The fourth-order valence-electron chi connectivity index (χ4n) is 2.04. The van der Waals surface area contributed by atoms with E-state index < -0.39 is 5.91 Å². The normalized spacial score (nSPS) is 15.8. The van der Waals surface area contributed by atoms with Crippen molar-refractivity contribution in [3.63, 3.8) is 0 Å². The summed E-state index contributed by atoms with van der Waals surface area (Å²) in [5, 5.41) is 1.83. The maximum Gasteiger partial charge on any atom is 0.290 e. The zero-order valence-electron chi connectivity index (χ0n) is 11.9. The largest absolute Gasteiger partial charge is 0.488 e. The Morgan fingerprint density at radius 1 is 1.09 bits per heavy atom. The molecule has 2 aromatic carbocycles. The smallest absolute Gasteiger partial charge is 0.290 e. The monoisotopic (exact) mass is 329 g/mol. The number of carbonyl (C=O) groups excluding carboxylic acids is 2. The standard InChI is InChI=1S/C17H12FNO3S/c18-13-7-5-11(6-8-13)10-22-14-4-2-1-3-12(14)9-15-16(20)19-17(21)23-15/h1-9H,10H2,(H,19,20,21)/b15-9-. The van der Waals surface area contributed by atoms with Crippen molar-refractivity contribution in [3.8, 4) is 5.75 Å². The molecule has 0 aromatic heterocycles. The molecule has 0 saturated carbocycles. The molecule has 0 atom stereocenters. The van der Waals surface area contributed by atoms with Crippen LogP contribution in [0.1, 0.15) is 11.1 Å². The second-order valence-corrected chi connectivity index (χ2v) is 5.82. The first-order chi connectivity index (χ1) is 11.1. The molecule has 1 aliphatic rings. The molecule has 4 nitrogen and oxygen atoms in total. The van der Waals surface area contributed by atoms with Crippen molar-refractivity contribution < 1.29 is 18.7 Å². The van der Waals surface area contributed by atoms with Crippen molar-refractivity contribution in [2.24, 2.45) is 0 Å². The Bertz CT molecular complexity index is 787. The highest BCUT2D eigenvalue weighted by atomic mass is 32.2. The van der Waals surface area contributed by atoms with E-state index >= 15 is 0 Å². The second-order valence-electron chi connectivity index (χ2n) is 4.81. The molecule has 2 amide bonds. The molecule has 2 aromatic rings. The maximum atomic E-state index is 12.9. The number of carbonyl (C=O) groups is 2. The van der Waals surface area contributed by atoms with Crippen LogP contribution in [-0.2, 0) is 11.4 Å². The molecule has 0 bridgehead atoms. The Labute approximate surface area is 136 Å². The molecule has 6 heteroatoms. The Hall–Kier alpha value is -2.60. The third-order valence-electron chi connectivity index (χ3n) is 3.16. The van der Waals surface area contributed by atoms with Gasteiger partial charge >= 0.3 is 0 Å². The minimum absolute atomic E-state index is 0.277. The van der Waals surface area contributed by atoms with Gasteiger partial charge in [0.1, 0.15) is 18.2 Å². The van der Waals surface area contributed by atoms with E-state index in [1.54, 1.807) is 30.3 Å². The summed E-state index contributed by atoms with van der Waals surface area (Å²) in [6.45, 7) is 0.277. The minimum atomic E-state index is -0.409. The first kappa shape index (κ1) is 15.3. The van der Waals surface area contributed by atoms with Crippen molar-refractivity contribution in [3.05, 3.63) is 70.4 Å². The lowest BCUT2D eigenvalue weighted by Gasteiger charge is -2.09. The van der Waals surface area contributed by atoms with Gasteiger partial charge in [0.25, 0.3) is 11.1 Å². The number of hydrogen-bond acceptors (Lipinski definition) is 4. The highest BCUT2D eigenvalue weighted by molar-refractivity contribution is 8.18. The number of nitrogens with one attached hydrogen (secondary N) is 1. The molecule has 0 unspecified atom stereocenters. The molecular formula is C17H12FNO3S. The summed E-state index contributed by atoms with van der Waals surface area (Å²) in [5.41, 5.74) is 1.53. The van der Waals surface area contributed by atoms with E-state index in [1.165, 1.54) is 12.1 Å². The van der Waals surface area contributed by atoms with Crippen LogP contribution in [0.5, 0.6) is 5.75 Å². The Morgan fingerprint density at radius 3 is 2.52 bits per heavy atom. The SMILES string of the molecule is O=C1NC(=O)/C(=C/c2ccccc2OCc2ccc(F)cc2)S1. The van der Waals surface area contributed by atoms with E-state index in [4.69, 9.17) is 4.74 Å². The zero-order valence-corrected chi connectivity index (χ0v) is 12.7. The molecule has 1 saturated heterocycles. The Morgan fingerprint density at radius 2 is 1.83 bits per heavy atom. The number of hydrogen-bond donors (Lipinski definition) is 1. The highest BCUT2D eigenvalue weighted by Gasteiger charge is 2.25. The average Bonchev–Trinajstić information content (AvgIpc) is 2.86. The topological polar surface area (TPSA) is 55.4 Å². The van der Waals surface area contributed by atoms with Crippen LogP contribution < -0.4 is 10.1 Å². The molecular weight excluding hydrogens is 317 g/mol. The van der Waals surface area contributed by atoms with Crippen molar-refractivity contribution in [2.45, 2.75) is 6.61 Å². The summed E-state index contributed by atoms with van der Waals surface area (Å²) in [5.74, 6) is -0.127. The molecule has 116 valence electrons. The molecule has 1 fully saturated rings. The maximum absolute atomic E-state index is 12.9. The van der Waals surface area contributed by atoms with Crippen LogP contribution in [0.25, 0.3) is 6.08 Å². The van der Waals surface area contributed by atoms with Crippen LogP contribution in [0, 0.1) is 5.82 Å². The van der Waals surface area contributed by atoms with E-state index in [-0.39, 0.29) is 17.7 Å². The molecule has 0 spiro atoms. The Balaban J connectivity index is 1.78.